The number of carbonyl (C=O) groups excluding carboxylic acids is 1. The molecule has 11 heteroatoms. The Kier molecular flexibility index (Phi) is 7.77. The lowest BCUT2D eigenvalue weighted by Gasteiger charge is -2.11. The molecular formula is C20H19Cl2N3O4S2. The maximum absolute atomic E-state index is 12.3. The Morgan fingerprint density at radius 1 is 1.16 bits per heavy atom. The van der Waals surface area contributed by atoms with E-state index in [1.807, 2.05) is 6.92 Å². The number of benzene rings is 2. The zero-order valence-electron chi connectivity index (χ0n) is 16.4. The maximum atomic E-state index is 12.3. The minimum absolute atomic E-state index is 0.0703. The van der Waals surface area contributed by atoms with Crippen molar-refractivity contribution in [3.63, 3.8) is 0 Å². The summed E-state index contributed by atoms with van der Waals surface area (Å²) in [5.41, 5.74) is 1.42. The van der Waals surface area contributed by atoms with E-state index in [1.54, 1.807) is 17.5 Å². The van der Waals surface area contributed by atoms with Crippen LogP contribution in [-0.2, 0) is 14.8 Å². The second-order valence-corrected chi connectivity index (χ2v) is 9.92. The van der Waals surface area contributed by atoms with Gasteiger partial charge in [-0.2, -0.15) is 0 Å². The minimum atomic E-state index is -3.74. The van der Waals surface area contributed by atoms with Gasteiger partial charge in [0.15, 0.2) is 10.9 Å². The molecule has 0 bridgehead atoms. The number of thiazole rings is 1. The Balaban J connectivity index is 1.47. The Labute approximate surface area is 194 Å². The van der Waals surface area contributed by atoms with E-state index >= 15 is 0 Å². The average Bonchev–Trinajstić information content (AvgIpc) is 3.19. The SMILES string of the molecule is Cc1cc(Cl)c(OCCCC(=O)Nc2ccc(S(=O)(=O)Nc3nccs3)cc2)c(Cl)c1. The van der Waals surface area contributed by atoms with Crippen molar-refractivity contribution in [2.75, 3.05) is 16.6 Å². The number of nitrogens with one attached hydrogen (secondary N) is 2. The van der Waals surface area contributed by atoms with Crippen molar-refractivity contribution < 1.29 is 17.9 Å². The number of halogens is 2. The summed E-state index contributed by atoms with van der Waals surface area (Å²) in [6, 6.07) is 9.39. The van der Waals surface area contributed by atoms with E-state index in [4.69, 9.17) is 27.9 Å². The molecule has 0 unspecified atom stereocenters. The third-order valence-electron chi connectivity index (χ3n) is 4.04. The third kappa shape index (κ3) is 6.57. The minimum Gasteiger partial charge on any atom is -0.490 e. The van der Waals surface area contributed by atoms with Gasteiger partial charge in [0.25, 0.3) is 10.0 Å². The summed E-state index contributed by atoms with van der Waals surface area (Å²) in [7, 11) is -3.74. The van der Waals surface area contributed by atoms with E-state index in [2.05, 4.69) is 15.0 Å². The lowest BCUT2D eigenvalue weighted by atomic mass is 10.2. The van der Waals surface area contributed by atoms with Crippen molar-refractivity contribution in [3.8, 4) is 5.75 Å². The average molecular weight is 500 g/mol. The van der Waals surface area contributed by atoms with E-state index in [0.717, 1.165) is 5.56 Å². The van der Waals surface area contributed by atoms with Gasteiger partial charge in [0.1, 0.15) is 0 Å². The Morgan fingerprint density at radius 2 is 1.84 bits per heavy atom. The summed E-state index contributed by atoms with van der Waals surface area (Å²) in [5, 5.41) is 5.53. The monoisotopic (exact) mass is 499 g/mol. The van der Waals surface area contributed by atoms with Crippen LogP contribution in [0.5, 0.6) is 5.75 Å². The first-order valence-electron chi connectivity index (χ1n) is 9.15. The van der Waals surface area contributed by atoms with Crippen LogP contribution in [0.2, 0.25) is 10.0 Å². The van der Waals surface area contributed by atoms with E-state index < -0.39 is 10.0 Å². The first-order valence-corrected chi connectivity index (χ1v) is 12.3. The number of nitrogens with zero attached hydrogens (tertiary/aromatic N) is 1. The Morgan fingerprint density at radius 3 is 2.45 bits per heavy atom. The Bertz CT molecular complexity index is 1130. The molecule has 3 aromatic rings. The van der Waals surface area contributed by atoms with Crippen molar-refractivity contribution >= 4 is 61.3 Å². The maximum Gasteiger partial charge on any atom is 0.263 e. The van der Waals surface area contributed by atoms with E-state index in [-0.39, 0.29) is 29.0 Å². The highest BCUT2D eigenvalue weighted by molar-refractivity contribution is 7.93. The highest BCUT2D eigenvalue weighted by Crippen LogP contribution is 2.34. The molecule has 2 N–H and O–H groups in total. The summed E-state index contributed by atoms with van der Waals surface area (Å²) in [4.78, 5) is 16.1. The highest BCUT2D eigenvalue weighted by atomic mass is 35.5. The molecule has 1 amide bonds. The van der Waals surface area contributed by atoms with Crippen molar-refractivity contribution in [2.24, 2.45) is 0 Å². The molecule has 0 aliphatic rings. The largest absolute Gasteiger partial charge is 0.490 e. The Hall–Kier alpha value is -2.33. The van der Waals surface area contributed by atoms with Gasteiger partial charge in [-0.05, 0) is 55.3 Å². The number of aryl methyl sites for hydroxylation is 1. The number of anilines is 2. The second-order valence-electron chi connectivity index (χ2n) is 6.53. The highest BCUT2D eigenvalue weighted by Gasteiger charge is 2.15. The van der Waals surface area contributed by atoms with Crippen molar-refractivity contribution in [1.29, 1.82) is 0 Å². The first-order chi connectivity index (χ1) is 14.7. The summed E-state index contributed by atoms with van der Waals surface area (Å²) in [5.74, 6) is 0.179. The van der Waals surface area contributed by atoms with Crippen LogP contribution >= 0.6 is 34.5 Å². The van der Waals surface area contributed by atoms with Crippen LogP contribution < -0.4 is 14.8 Å². The molecule has 0 saturated heterocycles. The second kappa shape index (κ2) is 10.3. The molecule has 31 heavy (non-hydrogen) atoms. The summed E-state index contributed by atoms with van der Waals surface area (Å²) in [6.07, 6.45) is 2.18. The zero-order valence-corrected chi connectivity index (χ0v) is 19.5. The molecule has 0 fully saturated rings. The fraction of sp³-hybridized carbons (Fsp3) is 0.200. The number of hydrogen-bond acceptors (Lipinski definition) is 6. The number of ether oxygens (including phenoxy) is 1. The van der Waals surface area contributed by atoms with Crippen LogP contribution in [0.25, 0.3) is 0 Å². The number of rotatable bonds is 9. The van der Waals surface area contributed by atoms with Crippen LogP contribution in [0.1, 0.15) is 18.4 Å². The molecule has 0 aliphatic carbocycles. The molecule has 1 heterocycles. The van der Waals surface area contributed by atoms with Gasteiger partial charge in [0, 0.05) is 23.7 Å². The molecule has 0 aliphatic heterocycles. The van der Waals surface area contributed by atoms with Crippen molar-refractivity contribution in [1.82, 2.24) is 4.98 Å². The summed E-state index contributed by atoms with van der Waals surface area (Å²) in [6.45, 7) is 2.15. The van der Waals surface area contributed by atoms with Gasteiger partial charge in [-0.1, -0.05) is 23.2 Å². The van der Waals surface area contributed by atoms with Crippen LogP contribution in [-0.4, -0.2) is 25.9 Å². The topological polar surface area (TPSA) is 97.4 Å². The molecule has 2 aromatic carbocycles. The van der Waals surface area contributed by atoms with E-state index in [9.17, 15) is 13.2 Å². The molecule has 3 rings (SSSR count). The van der Waals surface area contributed by atoms with Crippen LogP contribution in [0.4, 0.5) is 10.8 Å². The number of sulfonamides is 1. The van der Waals surface area contributed by atoms with Gasteiger partial charge in [-0.15, -0.1) is 11.3 Å². The van der Waals surface area contributed by atoms with Crippen LogP contribution in [0.15, 0.2) is 52.9 Å². The summed E-state index contributed by atoms with van der Waals surface area (Å²) < 4.78 is 32.6. The molecule has 164 valence electrons. The van der Waals surface area contributed by atoms with Crippen LogP contribution in [0, 0.1) is 6.92 Å². The van der Waals surface area contributed by atoms with Gasteiger partial charge < -0.3 is 10.1 Å². The fourth-order valence-corrected chi connectivity index (χ4v) is 5.11. The van der Waals surface area contributed by atoms with Gasteiger partial charge in [0.2, 0.25) is 5.91 Å². The molecule has 7 nitrogen and oxygen atoms in total. The van der Waals surface area contributed by atoms with Crippen molar-refractivity contribution in [3.05, 3.63) is 63.6 Å². The lowest BCUT2D eigenvalue weighted by molar-refractivity contribution is -0.116. The first kappa shape index (κ1) is 23.3. The van der Waals surface area contributed by atoms with Gasteiger partial charge in [0.05, 0.1) is 21.5 Å². The lowest BCUT2D eigenvalue weighted by Crippen LogP contribution is -2.14. The third-order valence-corrected chi connectivity index (χ3v) is 6.77. The number of carbonyl (C=O) groups is 1. The van der Waals surface area contributed by atoms with Crippen molar-refractivity contribution in [2.45, 2.75) is 24.7 Å². The summed E-state index contributed by atoms with van der Waals surface area (Å²) >= 11 is 13.4. The quantitative estimate of drug-likeness (QED) is 0.386. The fourth-order valence-electron chi connectivity index (χ4n) is 2.62. The van der Waals surface area contributed by atoms with Crippen LogP contribution in [0.3, 0.4) is 0 Å². The number of hydrogen-bond donors (Lipinski definition) is 2. The van der Waals surface area contributed by atoms with Gasteiger partial charge in [-0.25, -0.2) is 13.4 Å². The molecule has 0 atom stereocenters. The van der Waals surface area contributed by atoms with E-state index in [0.29, 0.717) is 27.9 Å². The normalized spacial score (nSPS) is 11.2. The predicted octanol–water partition coefficient (Wildman–Crippen LogP) is 5.36. The smallest absolute Gasteiger partial charge is 0.263 e. The van der Waals surface area contributed by atoms with Gasteiger partial charge in [-0.3, -0.25) is 9.52 Å². The van der Waals surface area contributed by atoms with E-state index in [1.165, 1.54) is 41.8 Å². The zero-order chi connectivity index (χ0) is 22.4. The predicted molar refractivity (Wildman–Crippen MR) is 124 cm³/mol. The molecule has 0 radical (unpaired) electrons. The number of aromatic nitrogens is 1. The number of amides is 1. The molecule has 1 aromatic heterocycles. The molecular weight excluding hydrogens is 481 g/mol. The standard InChI is InChI=1S/C20H19Cl2N3O4S2/c1-13-11-16(21)19(17(22)12-13)29-9-2-3-18(26)24-14-4-6-15(7-5-14)31(27,28)25-20-23-8-10-30-20/h4-8,10-12H,2-3,9H2,1H3,(H,23,25)(H,24,26). The molecule has 0 spiro atoms. The molecule has 0 saturated carbocycles. The van der Waals surface area contributed by atoms with Gasteiger partial charge >= 0.3 is 0 Å².